The van der Waals surface area contributed by atoms with Crippen LogP contribution >= 0.6 is 0 Å². The van der Waals surface area contributed by atoms with Gasteiger partial charge in [-0.05, 0) is 38.2 Å². The van der Waals surface area contributed by atoms with Gasteiger partial charge in [-0.2, -0.15) is 4.98 Å². The fraction of sp³-hybridized carbons (Fsp3) is 0.469. The number of aromatic nitrogens is 2. The molecule has 3 aromatic rings. The van der Waals surface area contributed by atoms with Crippen molar-refractivity contribution in [1.29, 1.82) is 0 Å². The lowest BCUT2D eigenvalue weighted by Crippen LogP contribution is -2.50. The Bertz CT molecular complexity index is 1290. The van der Waals surface area contributed by atoms with Crippen LogP contribution in [0.2, 0.25) is 0 Å². The first-order valence-electron chi connectivity index (χ1n) is 14.5. The Morgan fingerprint density at radius 3 is 2.33 bits per heavy atom. The SMILES string of the molecule is CCOC(=O)[C@H](CCOC)CC1(C(=O)N[C@@H](Cc2nc(-c3ccccc3)no2)C(=O)OCc2ccccc2)CCCC1. The standard InChI is InChI=1S/C32H39N3O7/c1-3-40-29(36)25(16-19-39-2)21-32(17-10-11-18-32)31(38)33-26(30(37)41-22-23-12-6-4-7-13-23)20-27-34-28(35-42-27)24-14-8-5-9-15-24/h4-9,12-15,25-26H,3,10-11,16-22H2,1-2H3,(H,33,38)/t25-,26+/m1/s1. The minimum absolute atomic E-state index is 0.0414. The first-order chi connectivity index (χ1) is 20.4. The fourth-order valence-corrected chi connectivity index (χ4v) is 5.42. The summed E-state index contributed by atoms with van der Waals surface area (Å²) in [5, 5.41) is 6.99. The van der Waals surface area contributed by atoms with Crippen LogP contribution in [0.15, 0.2) is 65.2 Å². The molecule has 1 saturated carbocycles. The van der Waals surface area contributed by atoms with Gasteiger partial charge in [0.25, 0.3) is 0 Å². The van der Waals surface area contributed by atoms with Crippen LogP contribution in [0.5, 0.6) is 0 Å². The minimum atomic E-state index is -1.07. The summed E-state index contributed by atoms with van der Waals surface area (Å²) >= 11 is 0. The van der Waals surface area contributed by atoms with Crippen LogP contribution in [0, 0.1) is 11.3 Å². The molecular formula is C32H39N3O7. The number of amides is 1. The van der Waals surface area contributed by atoms with Gasteiger partial charge in [-0.1, -0.05) is 78.7 Å². The van der Waals surface area contributed by atoms with Crippen LogP contribution in [0.3, 0.4) is 0 Å². The Balaban J connectivity index is 1.54. The molecule has 10 heteroatoms. The van der Waals surface area contributed by atoms with Gasteiger partial charge < -0.3 is 24.1 Å². The van der Waals surface area contributed by atoms with Crippen molar-refractivity contribution < 1.29 is 33.1 Å². The maximum absolute atomic E-state index is 14.0. The summed E-state index contributed by atoms with van der Waals surface area (Å²) < 4.78 is 21.6. The molecule has 1 N–H and O–H groups in total. The first kappa shape index (κ1) is 30.9. The van der Waals surface area contributed by atoms with Crippen molar-refractivity contribution in [2.45, 2.75) is 64.5 Å². The summed E-state index contributed by atoms with van der Waals surface area (Å²) in [4.78, 5) is 44.6. The highest BCUT2D eigenvalue weighted by Crippen LogP contribution is 2.44. The molecule has 1 aromatic heterocycles. The van der Waals surface area contributed by atoms with Crippen LogP contribution in [0.25, 0.3) is 11.4 Å². The number of benzene rings is 2. The molecule has 42 heavy (non-hydrogen) atoms. The summed E-state index contributed by atoms with van der Waals surface area (Å²) in [5.74, 6) is -1.16. The average molecular weight is 578 g/mol. The van der Waals surface area contributed by atoms with E-state index in [2.05, 4.69) is 15.5 Å². The van der Waals surface area contributed by atoms with E-state index in [1.54, 1.807) is 14.0 Å². The zero-order valence-electron chi connectivity index (χ0n) is 24.3. The second-order valence-electron chi connectivity index (χ2n) is 10.6. The van der Waals surface area contributed by atoms with Crippen LogP contribution < -0.4 is 5.32 Å². The van der Waals surface area contributed by atoms with Gasteiger partial charge in [0.1, 0.15) is 12.6 Å². The molecule has 0 bridgehead atoms. The molecule has 2 atom stereocenters. The van der Waals surface area contributed by atoms with Gasteiger partial charge >= 0.3 is 11.9 Å². The summed E-state index contributed by atoms with van der Waals surface area (Å²) in [6.07, 6.45) is 3.61. The van der Waals surface area contributed by atoms with Gasteiger partial charge in [-0.25, -0.2) is 4.79 Å². The van der Waals surface area contributed by atoms with Crippen LogP contribution in [-0.4, -0.2) is 54.4 Å². The van der Waals surface area contributed by atoms with Crippen molar-refractivity contribution in [3.05, 3.63) is 72.1 Å². The van der Waals surface area contributed by atoms with Crippen LogP contribution in [0.1, 0.15) is 56.9 Å². The van der Waals surface area contributed by atoms with Gasteiger partial charge in [0.2, 0.25) is 17.6 Å². The van der Waals surface area contributed by atoms with Crippen molar-refractivity contribution in [3.8, 4) is 11.4 Å². The number of carbonyl (C=O) groups excluding carboxylic acids is 3. The number of hydrogen-bond acceptors (Lipinski definition) is 9. The molecular weight excluding hydrogens is 538 g/mol. The molecule has 0 radical (unpaired) electrons. The van der Waals surface area contributed by atoms with Crippen LogP contribution in [0.4, 0.5) is 0 Å². The molecule has 0 saturated heterocycles. The molecule has 1 fully saturated rings. The summed E-state index contributed by atoms with van der Waals surface area (Å²) in [7, 11) is 1.58. The van der Waals surface area contributed by atoms with E-state index in [1.807, 2.05) is 60.7 Å². The van der Waals surface area contributed by atoms with Crippen molar-refractivity contribution in [3.63, 3.8) is 0 Å². The Morgan fingerprint density at radius 1 is 0.976 bits per heavy atom. The Morgan fingerprint density at radius 2 is 1.67 bits per heavy atom. The molecule has 2 aromatic carbocycles. The minimum Gasteiger partial charge on any atom is -0.466 e. The maximum atomic E-state index is 14.0. The lowest BCUT2D eigenvalue weighted by molar-refractivity contribution is -0.153. The van der Waals surface area contributed by atoms with E-state index in [1.165, 1.54) is 0 Å². The Labute approximate surface area is 246 Å². The van der Waals surface area contributed by atoms with Gasteiger partial charge in [-0.15, -0.1) is 0 Å². The number of carbonyl (C=O) groups is 3. The molecule has 1 heterocycles. The number of hydrogen-bond donors (Lipinski definition) is 1. The third kappa shape index (κ3) is 8.25. The van der Waals surface area contributed by atoms with Crippen molar-refractivity contribution in [2.75, 3.05) is 20.3 Å². The number of nitrogens with zero attached hydrogens (tertiary/aromatic N) is 2. The highest BCUT2D eigenvalue weighted by molar-refractivity contribution is 5.89. The maximum Gasteiger partial charge on any atom is 0.329 e. The molecule has 4 rings (SSSR count). The van der Waals surface area contributed by atoms with E-state index in [-0.39, 0.29) is 37.4 Å². The summed E-state index contributed by atoms with van der Waals surface area (Å²) in [6.45, 7) is 2.44. The fourth-order valence-electron chi connectivity index (χ4n) is 5.42. The van der Waals surface area contributed by atoms with Gasteiger partial charge in [0.05, 0.1) is 24.4 Å². The molecule has 1 amide bonds. The zero-order chi connectivity index (χ0) is 29.8. The second kappa shape index (κ2) is 15.3. The Kier molecular flexibility index (Phi) is 11.2. The summed E-state index contributed by atoms with van der Waals surface area (Å²) in [5.41, 5.74) is 0.765. The molecule has 224 valence electrons. The third-order valence-corrected chi connectivity index (χ3v) is 7.66. The molecule has 1 aliphatic rings. The third-order valence-electron chi connectivity index (χ3n) is 7.66. The smallest absolute Gasteiger partial charge is 0.329 e. The van der Waals surface area contributed by atoms with Crippen LogP contribution in [-0.2, 0) is 41.6 Å². The molecule has 0 spiro atoms. The molecule has 1 aliphatic carbocycles. The average Bonchev–Trinajstić information content (AvgIpc) is 3.69. The van der Waals surface area contributed by atoms with E-state index >= 15 is 0 Å². The van der Waals surface area contributed by atoms with Gasteiger partial charge in [0.15, 0.2) is 0 Å². The second-order valence-corrected chi connectivity index (χ2v) is 10.6. The predicted octanol–water partition coefficient (Wildman–Crippen LogP) is 4.67. The van der Waals surface area contributed by atoms with E-state index in [9.17, 15) is 14.4 Å². The first-order valence-corrected chi connectivity index (χ1v) is 14.5. The highest BCUT2D eigenvalue weighted by atomic mass is 16.5. The number of rotatable bonds is 15. The monoisotopic (exact) mass is 577 g/mol. The van der Waals surface area contributed by atoms with E-state index in [4.69, 9.17) is 18.7 Å². The molecule has 0 aliphatic heterocycles. The van der Waals surface area contributed by atoms with Gasteiger partial charge in [0, 0.05) is 19.3 Å². The number of ether oxygens (including phenoxy) is 3. The lowest BCUT2D eigenvalue weighted by Gasteiger charge is -2.32. The quantitative estimate of drug-likeness (QED) is 0.256. The largest absolute Gasteiger partial charge is 0.466 e. The lowest BCUT2D eigenvalue weighted by atomic mass is 9.75. The van der Waals surface area contributed by atoms with E-state index in [0.29, 0.717) is 38.1 Å². The predicted molar refractivity (Wildman–Crippen MR) is 154 cm³/mol. The summed E-state index contributed by atoms with van der Waals surface area (Å²) in [6, 6.07) is 17.6. The van der Waals surface area contributed by atoms with E-state index < -0.39 is 23.3 Å². The number of nitrogens with one attached hydrogen (secondary N) is 1. The number of methoxy groups -OCH3 is 1. The molecule has 10 nitrogen and oxygen atoms in total. The number of esters is 2. The van der Waals surface area contributed by atoms with Crippen molar-refractivity contribution in [2.24, 2.45) is 11.3 Å². The van der Waals surface area contributed by atoms with Gasteiger partial charge in [-0.3, -0.25) is 9.59 Å². The topological polar surface area (TPSA) is 130 Å². The van der Waals surface area contributed by atoms with E-state index in [0.717, 1.165) is 24.0 Å². The zero-order valence-corrected chi connectivity index (χ0v) is 24.3. The van der Waals surface area contributed by atoms with Crippen molar-refractivity contribution in [1.82, 2.24) is 15.5 Å². The van der Waals surface area contributed by atoms with Crippen molar-refractivity contribution >= 4 is 17.8 Å². The normalized spacial score (nSPS) is 15.5. The Hall–Kier alpha value is -4.05. The molecule has 0 unspecified atom stereocenters. The highest BCUT2D eigenvalue weighted by Gasteiger charge is 2.45.